The maximum absolute atomic E-state index is 13.1. The van der Waals surface area contributed by atoms with Crippen LogP contribution in [-0.4, -0.2) is 21.7 Å². The number of carbonyl (C=O) groups excluding carboxylic acids is 1. The lowest BCUT2D eigenvalue weighted by Gasteiger charge is -2.14. The topological polar surface area (TPSA) is 46.9 Å². The van der Waals surface area contributed by atoms with E-state index in [1.165, 1.54) is 12.1 Å². The van der Waals surface area contributed by atoms with Crippen LogP contribution in [0.15, 0.2) is 59.2 Å². The van der Waals surface area contributed by atoms with E-state index < -0.39 is 0 Å². The number of halogens is 2. The first-order chi connectivity index (χ1) is 12.4. The third-order valence-corrected chi connectivity index (χ3v) is 4.69. The Morgan fingerprint density at radius 3 is 2.50 bits per heavy atom. The second-order valence-electron chi connectivity index (χ2n) is 6.24. The molecule has 3 aromatic rings. The maximum atomic E-state index is 13.1. The molecular formula is C20H19BrFN3O. The number of nitrogens with one attached hydrogen (secondary N) is 1. The van der Waals surface area contributed by atoms with Gasteiger partial charge >= 0.3 is 0 Å². The van der Waals surface area contributed by atoms with Gasteiger partial charge in [-0.1, -0.05) is 28.1 Å². The molecule has 1 unspecified atom stereocenters. The van der Waals surface area contributed by atoms with Crippen molar-refractivity contribution in [1.29, 1.82) is 0 Å². The normalized spacial score (nSPS) is 12.0. The van der Waals surface area contributed by atoms with E-state index in [1.54, 1.807) is 23.0 Å². The first-order valence-electron chi connectivity index (χ1n) is 8.30. The average Bonchev–Trinajstić information content (AvgIpc) is 2.99. The van der Waals surface area contributed by atoms with Gasteiger partial charge in [-0.15, -0.1) is 0 Å². The van der Waals surface area contributed by atoms with Crippen molar-refractivity contribution in [2.24, 2.45) is 0 Å². The molecule has 0 spiro atoms. The van der Waals surface area contributed by atoms with Crippen molar-refractivity contribution in [3.8, 4) is 5.69 Å². The van der Waals surface area contributed by atoms with Crippen LogP contribution in [0.4, 0.5) is 4.39 Å². The molecular weight excluding hydrogens is 397 g/mol. The Balaban J connectivity index is 1.70. The van der Waals surface area contributed by atoms with E-state index in [-0.39, 0.29) is 17.8 Å². The third-order valence-electron chi connectivity index (χ3n) is 4.16. The van der Waals surface area contributed by atoms with Gasteiger partial charge in [0, 0.05) is 10.5 Å². The summed E-state index contributed by atoms with van der Waals surface area (Å²) in [7, 11) is 0. The van der Waals surface area contributed by atoms with E-state index in [9.17, 15) is 9.18 Å². The number of hydrogen-bond donors (Lipinski definition) is 1. The van der Waals surface area contributed by atoms with E-state index >= 15 is 0 Å². The zero-order valence-electron chi connectivity index (χ0n) is 14.5. The summed E-state index contributed by atoms with van der Waals surface area (Å²) in [6.07, 6.45) is 2.28. The van der Waals surface area contributed by atoms with Gasteiger partial charge in [0.2, 0.25) is 0 Å². The largest absolute Gasteiger partial charge is 0.349 e. The van der Waals surface area contributed by atoms with Crippen LogP contribution in [0.1, 0.15) is 28.5 Å². The van der Waals surface area contributed by atoms with Crippen LogP contribution in [0.5, 0.6) is 0 Å². The van der Waals surface area contributed by atoms with Gasteiger partial charge in [-0.25, -0.2) is 9.07 Å². The van der Waals surface area contributed by atoms with Gasteiger partial charge in [0.1, 0.15) is 5.82 Å². The highest BCUT2D eigenvalue weighted by Gasteiger charge is 2.17. The lowest BCUT2D eigenvalue weighted by atomic mass is 10.1. The monoisotopic (exact) mass is 415 g/mol. The Morgan fingerprint density at radius 2 is 1.85 bits per heavy atom. The molecule has 0 bridgehead atoms. The maximum Gasteiger partial charge on any atom is 0.254 e. The summed E-state index contributed by atoms with van der Waals surface area (Å²) >= 11 is 3.42. The fraction of sp³-hybridized carbons (Fsp3) is 0.200. The van der Waals surface area contributed by atoms with Crippen molar-refractivity contribution in [2.45, 2.75) is 26.3 Å². The van der Waals surface area contributed by atoms with Crippen LogP contribution < -0.4 is 5.32 Å². The molecule has 1 amide bonds. The highest BCUT2D eigenvalue weighted by Crippen LogP contribution is 2.16. The summed E-state index contributed by atoms with van der Waals surface area (Å²) in [6.45, 7) is 3.80. The Bertz CT molecular complexity index is 904. The second-order valence-corrected chi connectivity index (χ2v) is 7.15. The van der Waals surface area contributed by atoms with E-state index in [4.69, 9.17) is 0 Å². The molecule has 6 heteroatoms. The van der Waals surface area contributed by atoms with Crippen LogP contribution in [-0.2, 0) is 6.42 Å². The Kier molecular flexibility index (Phi) is 5.52. The summed E-state index contributed by atoms with van der Waals surface area (Å²) in [4.78, 5) is 12.6. The van der Waals surface area contributed by atoms with Crippen molar-refractivity contribution < 1.29 is 9.18 Å². The average molecular weight is 416 g/mol. The summed E-state index contributed by atoms with van der Waals surface area (Å²) in [5.74, 6) is -0.473. The van der Waals surface area contributed by atoms with Crippen LogP contribution in [0, 0.1) is 12.7 Å². The number of aromatic nitrogens is 2. The Hall–Kier alpha value is -2.47. The molecule has 0 saturated carbocycles. The Labute approximate surface area is 160 Å². The van der Waals surface area contributed by atoms with Gasteiger partial charge in [0.15, 0.2) is 0 Å². The number of hydrogen-bond acceptors (Lipinski definition) is 2. The van der Waals surface area contributed by atoms with E-state index in [0.717, 1.165) is 16.5 Å². The van der Waals surface area contributed by atoms with Gasteiger partial charge in [-0.3, -0.25) is 4.79 Å². The third kappa shape index (κ3) is 4.19. The first-order valence-corrected chi connectivity index (χ1v) is 9.09. The quantitative estimate of drug-likeness (QED) is 0.669. The predicted octanol–water partition coefficient (Wildman–Crippen LogP) is 4.44. The number of rotatable bonds is 5. The summed E-state index contributed by atoms with van der Waals surface area (Å²) in [5.41, 5.74) is 3.09. The molecule has 1 N–H and O–H groups in total. The smallest absolute Gasteiger partial charge is 0.254 e. The molecule has 1 aromatic heterocycles. The van der Waals surface area contributed by atoms with Crippen molar-refractivity contribution in [3.63, 3.8) is 0 Å². The van der Waals surface area contributed by atoms with Gasteiger partial charge in [-0.2, -0.15) is 5.10 Å². The highest BCUT2D eigenvalue weighted by atomic mass is 79.9. The first kappa shape index (κ1) is 18.3. The molecule has 0 saturated heterocycles. The van der Waals surface area contributed by atoms with Gasteiger partial charge in [0.05, 0.1) is 23.1 Å². The molecule has 134 valence electrons. The molecule has 0 aliphatic heterocycles. The zero-order chi connectivity index (χ0) is 18.7. The molecule has 0 aliphatic carbocycles. The van der Waals surface area contributed by atoms with Gasteiger partial charge < -0.3 is 5.32 Å². The zero-order valence-corrected chi connectivity index (χ0v) is 16.1. The van der Waals surface area contributed by atoms with Crippen LogP contribution in [0.3, 0.4) is 0 Å². The van der Waals surface area contributed by atoms with Crippen LogP contribution in [0.25, 0.3) is 5.69 Å². The minimum Gasteiger partial charge on any atom is -0.349 e. The molecule has 0 aliphatic rings. The van der Waals surface area contributed by atoms with Crippen molar-refractivity contribution in [1.82, 2.24) is 15.1 Å². The summed E-state index contributed by atoms with van der Waals surface area (Å²) in [6, 6.07) is 14.0. The van der Waals surface area contributed by atoms with E-state index in [0.29, 0.717) is 16.9 Å². The molecule has 4 nitrogen and oxygen atoms in total. The minimum absolute atomic E-state index is 0.0164. The van der Waals surface area contributed by atoms with Crippen molar-refractivity contribution in [3.05, 3.63) is 81.8 Å². The summed E-state index contributed by atoms with van der Waals surface area (Å²) in [5, 5.41) is 7.28. The van der Waals surface area contributed by atoms with Crippen molar-refractivity contribution in [2.75, 3.05) is 0 Å². The van der Waals surface area contributed by atoms with Crippen molar-refractivity contribution >= 4 is 21.8 Å². The molecule has 2 aromatic carbocycles. The second kappa shape index (κ2) is 7.83. The molecule has 1 atom stereocenters. The predicted molar refractivity (Wildman–Crippen MR) is 103 cm³/mol. The highest BCUT2D eigenvalue weighted by molar-refractivity contribution is 9.10. The number of benzene rings is 2. The molecule has 0 radical (unpaired) electrons. The van der Waals surface area contributed by atoms with Gasteiger partial charge in [0.25, 0.3) is 5.91 Å². The van der Waals surface area contributed by atoms with E-state index in [2.05, 4.69) is 26.3 Å². The number of nitrogens with zero attached hydrogens (tertiary/aromatic N) is 2. The fourth-order valence-corrected chi connectivity index (χ4v) is 3.07. The SMILES string of the molecule is Cc1c(C(=O)NC(C)Cc2ccc(Br)cc2)cnn1-c1ccc(F)cc1. The fourth-order valence-electron chi connectivity index (χ4n) is 2.80. The van der Waals surface area contributed by atoms with Gasteiger partial charge in [-0.05, 0) is 62.2 Å². The summed E-state index contributed by atoms with van der Waals surface area (Å²) < 4.78 is 15.7. The Morgan fingerprint density at radius 1 is 1.19 bits per heavy atom. The number of amides is 1. The lowest BCUT2D eigenvalue weighted by Crippen LogP contribution is -2.34. The standard InChI is InChI=1S/C20H19BrFN3O/c1-13(11-15-3-5-16(21)6-4-15)24-20(26)19-12-23-25(14(19)2)18-9-7-17(22)8-10-18/h3-10,12-13H,11H2,1-2H3,(H,24,26). The lowest BCUT2D eigenvalue weighted by molar-refractivity contribution is 0.0939. The van der Waals surface area contributed by atoms with E-state index in [1.807, 2.05) is 38.1 Å². The van der Waals surface area contributed by atoms with Crippen LogP contribution >= 0.6 is 15.9 Å². The van der Waals surface area contributed by atoms with Crippen LogP contribution in [0.2, 0.25) is 0 Å². The molecule has 3 rings (SSSR count). The minimum atomic E-state index is -0.307. The number of carbonyl (C=O) groups is 1. The molecule has 26 heavy (non-hydrogen) atoms. The molecule has 1 heterocycles. The molecule has 0 fully saturated rings.